The van der Waals surface area contributed by atoms with Gasteiger partial charge in [0.05, 0.1) is 15.1 Å². The molecule has 0 unspecified atom stereocenters. The van der Waals surface area contributed by atoms with E-state index in [2.05, 4.69) is 0 Å². The third kappa shape index (κ3) is 3.96. The highest BCUT2D eigenvalue weighted by atomic mass is 127. The molecule has 1 aliphatic heterocycles. The maximum absolute atomic E-state index is 12.1. The highest BCUT2D eigenvalue weighted by molar-refractivity contribution is 14.1. The fourth-order valence-electron chi connectivity index (χ4n) is 1.89. The number of ether oxygens (including phenoxy) is 1. The number of rotatable bonds is 5. The number of nitrogens with two attached hydrogens (primary N) is 1. The van der Waals surface area contributed by atoms with E-state index in [1.165, 1.54) is 6.08 Å². The molecule has 2 rings (SSSR count). The lowest BCUT2D eigenvalue weighted by Crippen LogP contribution is -2.36. The number of phenolic OH excluding ortho intramolecular Hbond substituents is 1. The molecule has 0 atom stereocenters. The van der Waals surface area contributed by atoms with E-state index in [9.17, 15) is 19.5 Å². The second kappa shape index (κ2) is 7.21. The molecular weight excluding hydrogens is 435 g/mol. The van der Waals surface area contributed by atoms with Crippen LogP contribution in [0.3, 0.4) is 0 Å². The molecule has 0 aliphatic carbocycles. The highest BCUT2D eigenvalue weighted by Crippen LogP contribution is 2.36. The minimum absolute atomic E-state index is 0.0198. The number of hydrogen-bond donors (Lipinski definition) is 2. The minimum Gasteiger partial charge on any atom is -0.504 e. The minimum atomic E-state index is -0.758. The van der Waals surface area contributed by atoms with Crippen molar-refractivity contribution in [3.05, 3.63) is 26.2 Å². The molecule has 1 fully saturated rings. The zero-order valence-corrected chi connectivity index (χ0v) is 15.0. The Labute approximate surface area is 150 Å². The summed E-state index contributed by atoms with van der Waals surface area (Å²) in [5, 5.41) is 9.37. The molecule has 0 radical (unpaired) electrons. The Morgan fingerprint density at radius 3 is 2.78 bits per heavy atom. The maximum atomic E-state index is 12.1. The van der Waals surface area contributed by atoms with Gasteiger partial charge in [-0.25, -0.2) is 0 Å². The Hall–Kier alpha value is -1.75. The van der Waals surface area contributed by atoms with Gasteiger partial charge in [-0.05, 0) is 65.0 Å². The average Bonchev–Trinajstić information content (AvgIpc) is 2.72. The molecule has 1 aliphatic rings. The number of amides is 3. The number of aromatic hydroxyl groups is 1. The molecule has 0 aromatic heterocycles. The van der Waals surface area contributed by atoms with Crippen LogP contribution in [0.25, 0.3) is 6.08 Å². The lowest BCUT2D eigenvalue weighted by Gasteiger charge is -2.09. The number of hydrogen-bond acceptors (Lipinski definition) is 6. The molecule has 0 spiro atoms. The largest absolute Gasteiger partial charge is 0.504 e. The first kappa shape index (κ1) is 17.6. The summed E-state index contributed by atoms with van der Waals surface area (Å²) in [6.45, 7) is 1.72. The van der Waals surface area contributed by atoms with Crippen LogP contribution in [0.5, 0.6) is 11.5 Å². The summed E-state index contributed by atoms with van der Waals surface area (Å²) >= 11 is 2.67. The van der Waals surface area contributed by atoms with Crippen molar-refractivity contribution in [2.75, 3.05) is 13.2 Å². The summed E-state index contributed by atoms with van der Waals surface area (Å²) in [5.74, 6) is -1.01. The van der Waals surface area contributed by atoms with Gasteiger partial charge in [0, 0.05) is 0 Å². The van der Waals surface area contributed by atoms with E-state index < -0.39 is 23.6 Å². The third-order valence-corrected chi connectivity index (χ3v) is 4.57. The van der Waals surface area contributed by atoms with Crippen molar-refractivity contribution < 1.29 is 24.2 Å². The van der Waals surface area contributed by atoms with Crippen molar-refractivity contribution in [3.63, 3.8) is 0 Å². The SMILES string of the molecule is CCOc1cc(/C=C2\SC(=O)N(CC(N)=O)C2=O)cc(I)c1O. The van der Waals surface area contributed by atoms with Gasteiger partial charge >= 0.3 is 0 Å². The van der Waals surface area contributed by atoms with Crippen molar-refractivity contribution in [2.45, 2.75) is 6.92 Å². The Kier molecular flexibility index (Phi) is 5.52. The molecule has 23 heavy (non-hydrogen) atoms. The number of imide groups is 1. The predicted octanol–water partition coefficient (Wildman–Crippen LogP) is 1.92. The van der Waals surface area contributed by atoms with Crippen molar-refractivity contribution >= 4 is 57.5 Å². The molecule has 3 N–H and O–H groups in total. The van der Waals surface area contributed by atoms with Crippen molar-refractivity contribution in [2.24, 2.45) is 5.73 Å². The summed E-state index contributed by atoms with van der Waals surface area (Å²) in [4.78, 5) is 35.8. The van der Waals surface area contributed by atoms with Crippen molar-refractivity contribution in [1.29, 1.82) is 0 Å². The quantitative estimate of drug-likeness (QED) is 0.526. The van der Waals surface area contributed by atoms with Gasteiger partial charge in [-0.1, -0.05) is 0 Å². The molecule has 1 heterocycles. The normalized spacial score (nSPS) is 16.3. The molecular formula is C14H13IN2O5S. The van der Waals surface area contributed by atoms with Gasteiger partial charge in [-0.15, -0.1) is 0 Å². The first-order chi connectivity index (χ1) is 10.8. The van der Waals surface area contributed by atoms with Crippen LogP contribution in [0, 0.1) is 3.57 Å². The van der Waals surface area contributed by atoms with Crippen LogP contribution in [-0.4, -0.2) is 40.2 Å². The van der Waals surface area contributed by atoms with Crippen LogP contribution in [0.2, 0.25) is 0 Å². The number of nitrogens with zero attached hydrogens (tertiary/aromatic N) is 1. The molecule has 1 saturated heterocycles. The third-order valence-electron chi connectivity index (χ3n) is 2.84. The van der Waals surface area contributed by atoms with Crippen LogP contribution in [-0.2, 0) is 9.59 Å². The Morgan fingerprint density at radius 1 is 1.48 bits per heavy atom. The van der Waals surface area contributed by atoms with Crippen LogP contribution in [0.15, 0.2) is 17.0 Å². The number of primary amides is 1. The zero-order chi connectivity index (χ0) is 17.1. The van der Waals surface area contributed by atoms with Gasteiger partial charge in [0.15, 0.2) is 11.5 Å². The fraction of sp³-hybridized carbons (Fsp3) is 0.214. The summed E-state index contributed by atoms with van der Waals surface area (Å²) in [7, 11) is 0. The second-order valence-electron chi connectivity index (χ2n) is 4.52. The molecule has 1 aromatic rings. The summed E-state index contributed by atoms with van der Waals surface area (Å²) < 4.78 is 5.88. The summed E-state index contributed by atoms with van der Waals surface area (Å²) in [5.41, 5.74) is 5.62. The molecule has 1 aromatic carbocycles. The second-order valence-corrected chi connectivity index (χ2v) is 6.67. The van der Waals surface area contributed by atoms with E-state index in [-0.39, 0.29) is 10.7 Å². The summed E-state index contributed by atoms with van der Waals surface area (Å²) in [6.07, 6.45) is 1.51. The van der Waals surface area contributed by atoms with Gasteiger partial charge in [0.2, 0.25) is 5.91 Å². The van der Waals surface area contributed by atoms with Gasteiger partial charge in [0.1, 0.15) is 6.54 Å². The van der Waals surface area contributed by atoms with Crippen LogP contribution in [0.4, 0.5) is 4.79 Å². The van der Waals surface area contributed by atoms with Crippen LogP contribution in [0.1, 0.15) is 12.5 Å². The number of carbonyl (C=O) groups is 3. The van der Waals surface area contributed by atoms with Gasteiger partial charge in [-0.2, -0.15) is 0 Å². The molecule has 3 amide bonds. The Balaban J connectivity index is 2.34. The monoisotopic (exact) mass is 448 g/mol. The number of carbonyl (C=O) groups excluding carboxylic acids is 3. The van der Waals surface area contributed by atoms with Gasteiger partial charge in [0.25, 0.3) is 11.1 Å². The number of thioether (sulfide) groups is 1. The van der Waals surface area contributed by atoms with E-state index in [0.717, 1.165) is 16.7 Å². The fourth-order valence-corrected chi connectivity index (χ4v) is 3.35. The van der Waals surface area contributed by atoms with Crippen LogP contribution < -0.4 is 10.5 Å². The number of benzene rings is 1. The van der Waals surface area contributed by atoms with E-state index in [1.807, 2.05) is 22.6 Å². The number of halogens is 1. The zero-order valence-electron chi connectivity index (χ0n) is 12.0. The first-order valence-electron chi connectivity index (χ1n) is 6.52. The average molecular weight is 448 g/mol. The summed E-state index contributed by atoms with van der Waals surface area (Å²) in [6, 6.07) is 3.23. The van der Waals surface area contributed by atoms with Gasteiger partial charge in [-0.3, -0.25) is 19.3 Å². The van der Waals surface area contributed by atoms with Crippen LogP contribution >= 0.6 is 34.4 Å². The predicted molar refractivity (Wildman–Crippen MR) is 93.9 cm³/mol. The smallest absolute Gasteiger partial charge is 0.294 e. The van der Waals surface area contributed by atoms with E-state index in [0.29, 0.717) is 21.5 Å². The highest BCUT2D eigenvalue weighted by Gasteiger charge is 2.35. The standard InChI is InChI=1S/C14H13IN2O5S/c1-2-22-9-4-7(3-8(15)12(9)19)5-10-13(20)17(6-11(16)18)14(21)23-10/h3-5,19H,2,6H2,1H3,(H2,16,18)/b10-5-. The maximum Gasteiger partial charge on any atom is 0.294 e. The van der Waals surface area contributed by atoms with E-state index in [4.69, 9.17) is 10.5 Å². The Morgan fingerprint density at radius 2 is 2.17 bits per heavy atom. The number of phenols is 1. The van der Waals surface area contributed by atoms with Crippen molar-refractivity contribution in [3.8, 4) is 11.5 Å². The van der Waals surface area contributed by atoms with E-state index >= 15 is 0 Å². The van der Waals surface area contributed by atoms with E-state index in [1.54, 1.807) is 19.1 Å². The Bertz CT molecular complexity index is 719. The van der Waals surface area contributed by atoms with Gasteiger partial charge < -0.3 is 15.6 Å². The van der Waals surface area contributed by atoms with Crippen molar-refractivity contribution in [1.82, 2.24) is 4.90 Å². The lowest BCUT2D eigenvalue weighted by atomic mass is 10.2. The topological polar surface area (TPSA) is 110 Å². The molecule has 9 heteroatoms. The first-order valence-corrected chi connectivity index (χ1v) is 8.42. The molecule has 0 saturated carbocycles. The molecule has 7 nitrogen and oxygen atoms in total. The molecule has 0 bridgehead atoms. The lowest BCUT2D eigenvalue weighted by molar-refractivity contribution is -0.127. The molecule has 122 valence electrons.